The smallest absolute Gasteiger partial charge is 0.321 e. The van der Waals surface area contributed by atoms with Crippen molar-refractivity contribution in [2.75, 3.05) is 14.1 Å². The molecule has 0 aliphatic heterocycles. The SMILES string of the molecule is CN(C)C(Cc1cccc(Cl)c1)C(=O)O. The average Bonchev–Trinajstić information content (AvgIpc) is 2.13. The first-order chi connectivity index (χ1) is 7.00. The Morgan fingerprint density at radius 2 is 2.20 bits per heavy atom. The molecule has 1 N–H and O–H groups in total. The Hall–Kier alpha value is -1.06. The molecule has 0 bridgehead atoms. The van der Waals surface area contributed by atoms with Crippen molar-refractivity contribution in [1.29, 1.82) is 0 Å². The minimum Gasteiger partial charge on any atom is -0.480 e. The summed E-state index contributed by atoms with van der Waals surface area (Å²) in [4.78, 5) is 12.6. The maximum atomic E-state index is 11.0. The fraction of sp³-hybridized carbons (Fsp3) is 0.364. The monoisotopic (exact) mass is 227 g/mol. The van der Waals surface area contributed by atoms with Gasteiger partial charge in [0, 0.05) is 5.02 Å². The molecule has 0 heterocycles. The number of carboxylic acid groups (broad SMARTS) is 1. The highest BCUT2D eigenvalue weighted by Crippen LogP contribution is 2.13. The van der Waals surface area contributed by atoms with Crippen molar-refractivity contribution in [3.8, 4) is 0 Å². The van der Waals surface area contributed by atoms with Crippen molar-refractivity contribution >= 4 is 17.6 Å². The molecule has 0 saturated heterocycles. The molecular formula is C11H14ClNO2. The molecule has 82 valence electrons. The fourth-order valence-corrected chi connectivity index (χ4v) is 1.59. The largest absolute Gasteiger partial charge is 0.480 e. The summed E-state index contributed by atoms with van der Waals surface area (Å²) < 4.78 is 0. The van der Waals surface area contributed by atoms with Crippen LogP contribution < -0.4 is 0 Å². The van der Waals surface area contributed by atoms with Crippen LogP contribution in [-0.4, -0.2) is 36.1 Å². The topological polar surface area (TPSA) is 40.5 Å². The normalized spacial score (nSPS) is 12.8. The van der Waals surface area contributed by atoms with Gasteiger partial charge in [-0.1, -0.05) is 23.7 Å². The molecule has 0 spiro atoms. The molecule has 0 aromatic heterocycles. The third-order valence-corrected chi connectivity index (χ3v) is 2.46. The molecule has 0 fully saturated rings. The van der Waals surface area contributed by atoms with Crippen LogP contribution in [0.15, 0.2) is 24.3 Å². The van der Waals surface area contributed by atoms with Gasteiger partial charge in [0.15, 0.2) is 0 Å². The Balaban J connectivity index is 2.79. The second kappa shape index (κ2) is 5.14. The van der Waals surface area contributed by atoms with Crippen LogP contribution >= 0.6 is 11.6 Å². The van der Waals surface area contributed by atoms with Crippen LogP contribution in [0.3, 0.4) is 0 Å². The number of hydrogen-bond donors (Lipinski definition) is 1. The van der Waals surface area contributed by atoms with Gasteiger partial charge >= 0.3 is 5.97 Å². The number of nitrogens with zero attached hydrogens (tertiary/aromatic N) is 1. The molecule has 1 aromatic carbocycles. The summed E-state index contributed by atoms with van der Waals surface area (Å²) in [6.07, 6.45) is 0.461. The molecule has 4 heteroatoms. The third-order valence-electron chi connectivity index (χ3n) is 2.23. The summed E-state index contributed by atoms with van der Waals surface area (Å²) >= 11 is 5.83. The highest BCUT2D eigenvalue weighted by molar-refractivity contribution is 6.30. The maximum Gasteiger partial charge on any atom is 0.321 e. The number of hydrogen-bond acceptors (Lipinski definition) is 2. The maximum absolute atomic E-state index is 11.0. The van der Waals surface area contributed by atoms with Gasteiger partial charge in [0.25, 0.3) is 0 Å². The van der Waals surface area contributed by atoms with Crippen molar-refractivity contribution in [2.24, 2.45) is 0 Å². The van der Waals surface area contributed by atoms with E-state index < -0.39 is 12.0 Å². The molecule has 1 unspecified atom stereocenters. The lowest BCUT2D eigenvalue weighted by atomic mass is 10.1. The standard InChI is InChI=1S/C11H14ClNO2/c1-13(2)10(11(14)15)7-8-4-3-5-9(12)6-8/h3-6,10H,7H2,1-2H3,(H,14,15). The van der Waals surface area contributed by atoms with Crippen molar-refractivity contribution < 1.29 is 9.90 Å². The van der Waals surface area contributed by atoms with Crippen LogP contribution in [0.1, 0.15) is 5.56 Å². The lowest BCUT2D eigenvalue weighted by Gasteiger charge is -2.19. The van der Waals surface area contributed by atoms with Gasteiger partial charge in [-0.25, -0.2) is 0 Å². The molecule has 15 heavy (non-hydrogen) atoms. The Morgan fingerprint density at radius 3 is 2.67 bits per heavy atom. The number of rotatable bonds is 4. The van der Waals surface area contributed by atoms with Crippen LogP contribution in [0, 0.1) is 0 Å². The first-order valence-corrected chi connectivity index (χ1v) is 5.02. The number of carboxylic acids is 1. The molecule has 0 saturated carbocycles. The summed E-state index contributed by atoms with van der Waals surface area (Å²) in [5.74, 6) is -0.819. The van der Waals surface area contributed by atoms with Gasteiger partial charge in [0.1, 0.15) is 6.04 Å². The molecule has 1 aromatic rings. The second-order valence-electron chi connectivity index (χ2n) is 3.65. The first-order valence-electron chi connectivity index (χ1n) is 4.64. The van der Waals surface area contributed by atoms with Crippen LogP contribution in [0.4, 0.5) is 0 Å². The summed E-state index contributed by atoms with van der Waals surface area (Å²) in [6, 6.07) is 6.76. The van der Waals surface area contributed by atoms with Gasteiger partial charge in [-0.2, -0.15) is 0 Å². The summed E-state index contributed by atoms with van der Waals surface area (Å²) in [7, 11) is 3.51. The lowest BCUT2D eigenvalue weighted by molar-refractivity contribution is -0.142. The average molecular weight is 228 g/mol. The molecular weight excluding hydrogens is 214 g/mol. The number of carbonyl (C=O) groups is 1. The quantitative estimate of drug-likeness (QED) is 0.854. The van der Waals surface area contributed by atoms with Crippen molar-refractivity contribution in [3.05, 3.63) is 34.9 Å². The molecule has 1 atom stereocenters. The summed E-state index contributed by atoms with van der Waals surface area (Å²) in [5.41, 5.74) is 0.934. The highest BCUT2D eigenvalue weighted by atomic mass is 35.5. The van der Waals surface area contributed by atoms with E-state index in [4.69, 9.17) is 16.7 Å². The molecule has 0 aliphatic rings. The summed E-state index contributed by atoms with van der Waals surface area (Å²) in [5, 5.41) is 9.63. The van der Waals surface area contributed by atoms with Crippen LogP contribution in [0.5, 0.6) is 0 Å². The van der Waals surface area contributed by atoms with E-state index in [9.17, 15) is 4.79 Å². The zero-order chi connectivity index (χ0) is 11.4. The van der Waals surface area contributed by atoms with Gasteiger partial charge in [-0.05, 0) is 38.2 Å². The fourth-order valence-electron chi connectivity index (χ4n) is 1.38. The van der Waals surface area contributed by atoms with Gasteiger partial charge in [-0.3, -0.25) is 9.69 Å². The lowest BCUT2D eigenvalue weighted by Crippen LogP contribution is -2.37. The predicted octanol–water partition coefficient (Wildman–Crippen LogP) is 1.90. The Kier molecular flexibility index (Phi) is 4.12. The Morgan fingerprint density at radius 1 is 1.53 bits per heavy atom. The minimum atomic E-state index is -0.819. The first kappa shape index (κ1) is 12.0. The van der Waals surface area contributed by atoms with E-state index in [0.717, 1.165) is 5.56 Å². The van der Waals surface area contributed by atoms with Gasteiger partial charge in [0.05, 0.1) is 0 Å². The Bertz CT molecular complexity index is 352. The van der Waals surface area contributed by atoms with Gasteiger partial charge in [-0.15, -0.1) is 0 Å². The molecule has 0 amide bonds. The third kappa shape index (κ3) is 3.53. The van der Waals surface area contributed by atoms with E-state index in [1.54, 1.807) is 31.1 Å². The van der Waals surface area contributed by atoms with Crippen LogP contribution in [0.25, 0.3) is 0 Å². The predicted molar refractivity (Wildman–Crippen MR) is 60.3 cm³/mol. The van der Waals surface area contributed by atoms with Crippen molar-refractivity contribution in [3.63, 3.8) is 0 Å². The zero-order valence-corrected chi connectivity index (χ0v) is 9.53. The van der Waals surface area contributed by atoms with Crippen molar-refractivity contribution in [1.82, 2.24) is 4.90 Å². The van der Waals surface area contributed by atoms with E-state index >= 15 is 0 Å². The number of likely N-dealkylation sites (N-methyl/N-ethyl adjacent to an activating group) is 1. The minimum absolute atomic E-state index is 0.461. The van der Waals surface area contributed by atoms with Crippen molar-refractivity contribution in [2.45, 2.75) is 12.5 Å². The second-order valence-corrected chi connectivity index (χ2v) is 4.09. The molecule has 0 radical (unpaired) electrons. The van der Waals surface area contributed by atoms with Crippen LogP contribution in [0.2, 0.25) is 5.02 Å². The zero-order valence-electron chi connectivity index (χ0n) is 8.77. The van der Waals surface area contributed by atoms with E-state index in [2.05, 4.69) is 0 Å². The van der Waals surface area contributed by atoms with Gasteiger partial charge < -0.3 is 5.11 Å². The molecule has 1 rings (SSSR count). The van der Waals surface area contributed by atoms with Gasteiger partial charge in [0.2, 0.25) is 0 Å². The van der Waals surface area contributed by atoms with E-state index in [1.807, 2.05) is 12.1 Å². The number of aliphatic carboxylic acids is 1. The van der Waals surface area contributed by atoms with E-state index in [-0.39, 0.29) is 0 Å². The Labute approximate surface area is 94.3 Å². The summed E-state index contributed by atoms with van der Waals surface area (Å²) in [6.45, 7) is 0. The number of halogens is 1. The van der Waals surface area contributed by atoms with E-state index in [1.165, 1.54) is 0 Å². The highest BCUT2D eigenvalue weighted by Gasteiger charge is 2.19. The number of benzene rings is 1. The molecule has 0 aliphatic carbocycles. The van der Waals surface area contributed by atoms with Crippen LogP contribution in [-0.2, 0) is 11.2 Å². The van der Waals surface area contributed by atoms with E-state index in [0.29, 0.717) is 11.4 Å². The molecule has 3 nitrogen and oxygen atoms in total.